The fourth-order valence-corrected chi connectivity index (χ4v) is 11.4. The molecule has 2 heterocycles. The number of allylic oxidation sites excluding steroid dienone is 5. The van der Waals surface area contributed by atoms with Crippen molar-refractivity contribution in [3.63, 3.8) is 0 Å². The fourth-order valence-electron chi connectivity index (χ4n) is 11.4. The zero-order valence-electron chi connectivity index (χ0n) is 35.0. The molecule has 8 aromatic rings. The Morgan fingerprint density at radius 3 is 1.86 bits per heavy atom. The number of benzene rings is 8. The minimum Gasteiger partial charge on any atom is -0.342 e. The Bertz CT molecular complexity index is 3280. The molecule has 0 fully saturated rings. The smallest absolute Gasteiger partial charge is 0.0691 e. The highest BCUT2D eigenvalue weighted by atomic mass is 15.2. The van der Waals surface area contributed by atoms with Crippen LogP contribution in [0, 0.1) is 0 Å². The molecule has 0 aromatic heterocycles. The summed E-state index contributed by atoms with van der Waals surface area (Å²) in [5.41, 5.74) is 23.1. The van der Waals surface area contributed by atoms with Crippen LogP contribution in [0.3, 0.4) is 0 Å². The first-order valence-electron chi connectivity index (χ1n) is 22.4. The van der Waals surface area contributed by atoms with Crippen LogP contribution in [-0.4, -0.2) is 6.54 Å². The van der Waals surface area contributed by atoms with Gasteiger partial charge in [-0.1, -0.05) is 170 Å². The van der Waals surface area contributed by atoms with E-state index in [2.05, 4.69) is 228 Å². The second-order valence-corrected chi connectivity index (χ2v) is 17.5. The third-order valence-electron chi connectivity index (χ3n) is 14.2. The predicted octanol–water partition coefficient (Wildman–Crippen LogP) is 15.3. The van der Waals surface area contributed by atoms with Gasteiger partial charge in [-0.15, -0.1) is 0 Å². The van der Waals surface area contributed by atoms with Gasteiger partial charge in [-0.2, -0.15) is 0 Å². The highest BCUT2D eigenvalue weighted by Gasteiger charge is 2.52. The number of anilines is 4. The molecule has 0 unspecified atom stereocenters. The van der Waals surface area contributed by atoms with Gasteiger partial charge in [0.2, 0.25) is 0 Å². The summed E-state index contributed by atoms with van der Waals surface area (Å²) >= 11 is 0. The van der Waals surface area contributed by atoms with Crippen LogP contribution >= 0.6 is 0 Å². The van der Waals surface area contributed by atoms with Gasteiger partial charge in [0.25, 0.3) is 0 Å². The van der Waals surface area contributed by atoms with Crippen molar-refractivity contribution in [1.29, 1.82) is 0 Å². The van der Waals surface area contributed by atoms with Crippen molar-refractivity contribution < 1.29 is 0 Å². The Labute approximate surface area is 369 Å². The van der Waals surface area contributed by atoms with E-state index in [0.717, 1.165) is 25.1 Å². The first-order chi connectivity index (χ1) is 31.2. The molecule has 13 rings (SSSR count). The van der Waals surface area contributed by atoms with Crippen molar-refractivity contribution in [3.8, 4) is 11.1 Å². The molecule has 0 saturated heterocycles. The molecular formula is C61H44N2. The molecular weight excluding hydrogens is 761 g/mol. The quantitative estimate of drug-likeness (QED) is 0.164. The average molecular weight is 805 g/mol. The van der Waals surface area contributed by atoms with Gasteiger partial charge >= 0.3 is 0 Å². The molecule has 8 aromatic carbocycles. The lowest BCUT2D eigenvalue weighted by Crippen LogP contribution is -2.29. The van der Waals surface area contributed by atoms with E-state index in [1.165, 1.54) is 112 Å². The number of hydrogen-bond acceptors (Lipinski definition) is 2. The van der Waals surface area contributed by atoms with Crippen molar-refractivity contribution in [1.82, 2.24) is 0 Å². The largest absolute Gasteiger partial charge is 0.342 e. The van der Waals surface area contributed by atoms with Crippen LogP contribution in [0.2, 0.25) is 0 Å². The van der Waals surface area contributed by atoms with Crippen molar-refractivity contribution in [2.45, 2.75) is 24.7 Å². The molecule has 0 saturated carbocycles. The topological polar surface area (TPSA) is 6.48 Å². The van der Waals surface area contributed by atoms with E-state index < -0.39 is 0 Å². The van der Waals surface area contributed by atoms with E-state index in [9.17, 15) is 0 Å². The van der Waals surface area contributed by atoms with Crippen LogP contribution in [0.25, 0.3) is 51.8 Å². The molecule has 2 heteroatoms. The fraction of sp³-hybridized carbons (Fsp3) is 0.0820. The molecule has 298 valence electrons. The van der Waals surface area contributed by atoms with Crippen LogP contribution in [0.15, 0.2) is 205 Å². The van der Waals surface area contributed by atoms with Gasteiger partial charge in [0.05, 0.1) is 16.8 Å². The summed E-state index contributed by atoms with van der Waals surface area (Å²) in [6.45, 7) is 1.04. The first-order valence-corrected chi connectivity index (χ1v) is 22.4. The standard InChI is InChI=1S/C61H44N2/c1-8-20-58-43(12-1)15-11-37-62(58)48-32-35-52-53-34-26-42(39-57(53)61(56(52)36-33-48)54-18-6-4-16-50(54)51-17-5-7-19-55(51)61)24-23-41-25-27-47-40-49(31-30-46(47)38-41)63-59-21-9-2-13-44(59)28-29-45-14-3-10-22-60(45)63/h1-10,12-14,16-35,38-40H,11,15,36-37H2. The van der Waals surface area contributed by atoms with E-state index in [1.54, 1.807) is 0 Å². The highest BCUT2D eigenvalue weighted by Crippen LogP contribution is 2.63. The van der Waals surface area contributed by atoms with Gasteiger partial charge in [-0.05, 0) is 151 Å². The van der Waals surface area contributed by atoms with E-state index in [4.69, 9.17) is 0 Å². The maximum Gasteiger partial charge on any atom is 0.0691 e. The summed E-state index contributed by atoms with van der Waals surface area (Å²) in [6, 6.07) is 65.5. The van der Waals surface area contributed by atoms with Gasteiger partial charge < -0.3 is 9.80 Å². The molecule has 0 N–H and O–H groups in total. The Morgan fingerprint density at radius 1 is 0.476 bits per heavy atom. The SMILES string of the molecule is C1=CC2=C(CC=C1N1CCCc3ccccc31)C1(c3cc(C=Cc4ccc5cc(N6c7ccccc7C=Cc7ccccc76)ccc5c4)ccc32)c2ccccc2-c2ccccc21. The monoisotopic (exact) mass is 804 g/mol. The molecule has 2 aliphatic heterocycles. The Morgan fingerprint density at radius 2 is 1.10 bits per heavy atom. The molecule has 5 aliphatic rings. The number of fused-ring (bicyclic) bond motifs is 13. The Balaban J connectivity index is 0.876. The van der Waals surface area contributed by atoms with Gasteiger partial charge in [0.1, 0.15) is 0 Å². The molecule has 0 amide bonds. The average Bonchev–Trinajstić information content (AvgIpc) is 3.56. The summed E-state index contributed by atoms with van der Waals surface area (Å²) in [6.07, 6.45) is 19.6. The van der Waals surface area contributed by atoms with Crippen molar-refractivity contribution in [3.05, 3.63) is 255 Å². The molecule has 2 nitrogen and oxygen atoms in total. The minimum atomic E-state index is -0.372. The maximum absolute atomic E-state index is 2.55. The molecule has 63 heavy (non-hydrogen) atoms. The number of hydrogen-bond donors (Lipinski definition) is 0. The summed E-state index contributed by atoms with van der Waals surface area (Å²) in [5, 5.41) is 2.44. The van der Waals surface area contributed by atoms with Gasteiger partial charge in [-0.25, -0.2) is 0 Å². The predicted molar refractivity (Wildman–Crippen MR) is 266 cm³/mol. The number of para-hydroxylation sites is 3. The molecule has 0 bridgehead atoms. The van der Waals surface area contributed by atoms with Crippen LogP contribution in [0.5, 0.6) is 0 Å². The van der Waals surface area contributed by atoms with Crippen molar-refractivity contribution >= 4 is 63.4 Å². The number of rotatable bonds is 4. The zero-order chi connectivity index (χ0) is 41.5. The lowest BCUT2D eigenvalue weighted by Gasteiger charge is -2.34. The van der Waals surface area contributed by atoms with Crippen molar-refractivity contribution in [2.24, 2.45) is 0 Å². The normalized spacial score (nSPS) is 16.2. The van der Waals surface area contributed by atoms with Crippen LogP contribution in [0.4, 0.5) is 22.7 Å². The third-order valence-corrected chi connectivity index (χ3v) is 14.2. The van der Waals surface area contributed by atoms with Gasteiger partial charge in [0, 0.05) is 23.6 Å². The lowest BCUT2D eigenvalue weighted by atomic mass is 9.68. The van der Waals surface area contributed by atoms with Crippen LogP contribution in [-0.2, 0) is 11.8 Å². The molecule has 0 atom stereocenters. The van der Waals surface area contributed by atoms with Crippen LogP contribution < -0.4 is 9.80 Å². The number of aryl methyl sites for hydroxylation is 1. The lowest BCUT2D eigenvalue weighted by molar-refractivity contribution is 0.737. The van der Waals surface area contributed by atoms with Crippen LogP contribution in [0.1, 0.15) is 62.9 Å². The second kappa shape index (κ2) is 14.2. The Hall–Kier alpha value is -7.68. The minimum absolute atomic E-state index is 0.372. The van der Waals surface area contributed by atoms with E-state index in [-0.39, 0.29) is 5.41 Å². The van der Waals surface area contributed by atoms with E-state index in [1.807, 2.05) is 0 Å². The number of nitrogens with zero attached hydrogens (tertiary/aromatic N) is 2. The van der Waals surface area contributed by atoms with Crippen molar-refractivity contribution in [2.75, 3.05) is 16.3 Å². The molecule has 1 spiro atoms. The summed E-state index contributed by atoms with van der Waals surface area (Å²) in [5.74, 6) is 0. The van der Waals surface area contributed by atoms with E-state index in [0.29, 0.717) is 0 Å². The second-order valence-electron chi connectivity index (χ2n) is 17.5. The van der Waals surface area contributed by atoms with E-state index >= 15 is 0 Å². The summed E-state index contributed by atoms with van der Waals surface area (Å²) in [7, 11) is 0. The van der Waals surface area contributed by atoms with Gasteiger partial charge in [-0.3, -0.25) is 0 Å². The summed E-state index contributed by atoms with van der Waals surface area (Å²) in [4.78, 5) is 4.94. The molecule has 0 radical (unpaired) electrons. The zero-order valence-corrected chi connectivity index (χ0v) is 35.0. The highest BCUT2D eigenvalue weighted by molar-refractivity contribution is 5.99. The molecule has 3 aliphatic carbocycles. The summed E-state index contributed by atoms with van der Waals surface area (Å²) < 4.78 is 0. The maximum atomic E-state index is 2.55. The third kappa shape index (κ3) is 5.51. The van der Waals surface area contributed by atoms with Gasteiger partial charge in [0.15, 0.2) is 0 Å². The Kier molecular flexibility index (Phi) is 8.11. The first kappa shape index (κ1) is 36.0.